The Morgan fingerprint density at radius 2 is 1.55 bits per heavy atom. The average molecular weight is 586 g/mol. The summed E-state index contributed by atoms with van der Waals surface area (Å²) in [5.41, 5.74) is 11.6. The van der Waals surface area contributed by atoms with Crippen molar-refractivity contribution in [2.75, 3.05) is 0 Å². The lowest BCUT2D eigenvalue weighted by Gasteiger charge is -2.40. The Hall–Kier alpha value is -3.71. The molecule has 0 amide bonds. The molecule has 0 bridgehead atoms. The summed E-state index contributed by atoms with van der Waals surface area (Å²) in [5, 5.41) is 0. The molecule has 0 saturated carbocycles. The highest BCUT2D eigenvalue weighted by Crippen LogP contribution is 2.46. The van der Waals surface area contributed by atoms with Crippen molar-refractivity contribution in [3.63, 3.8) is 0 Å². The van der Waals surface area contributed by atoms with Crippen LogP contribution in [0.5, 0.6) is 0 Å². The molecule has 0 N–H and O–H groups in total. The Morgan fingerprint density at radius 3 is 2.16 bits per heavy atom. The molecule has 0 aliphatic carbocycles. The first-order valence-electron chi connectivity index (χ1n) is 16.5. The van der Waals surface area contributed by atoms with Crippen molar-refractivity contribution >= 4 is 5.57 Å². The molecule has 1 heterocycles. The van der Waals surface area contributed by atoms with Gasteiger partial charge in [0.1, 0.15) is 0 Å². The first-order chi connectivity index (χ1) is 21.1. The SMILES string of the molecule is C=C/C(C)=C(/C)C(C)(/C(C)=C\C(=C)C(CCC)CCCC(=C)c1ccc(Cc2ccccc2)cc1)C(C)Cc1cccnc1. The fourth-order valence-corrected chi connectivity index (χ4v) is 6.50. The molecule has 1 nitrogen and oxygen atoms in total. The molecule has 44 heavy (non-hydrogen) atoms. The number of aromatic nitrogens is 1. The molecule has 3 unspecified atom stereocenters. The first kappa shape index (κ1) is 34.8. The number of pyridine rings is 1. The minimum atomic E-state index is -0.116. The van der Waals surface area contributed by atoms with Crippen molar-refractivity contribution in [2.24, 2.45) is 17.3 Å². The second-order valence-electron chi connectivity index (χ2n) is 12.9. The van der Waals surface area contributed by atoms with E-state index in [9.17, 15) is 0 Å². The normalized spacial score (nSPS) is 15.1. The number of allylic oxidation sites excluding steroid dienone is 7. The summed E-state index contributed by atoms with van der Waals surface area (Å²) in [6, 6.07) is 23.9. The van der Waals surface area contributed by atoms with Crippen molar-refractivity contribution < 1.29 is 0 Å². The van der Waals surface area contributed by atoms with Gasteiger partial charge in [0.2, 0.25) is 0 Å². The lowest BCUT2D eigenvalue weighted by molar-refractivity contribution is 0.306. The van der Waals surface area contributed by atoms with E-state index in [-0.39, 0.29) is 5.41 Å². The summed E-state index contributed by atoms with van der Waals surface area (Å²) in [6.07, 6.45) is 15.7. The first-order valence-corrected chi connectivity index (χ1v) is 16.5. The van der Waals surface area contributed by atoms with Crippen molar-refractivity contribution in [1.29, 1.82) is 0 Å². The van der Waals surface area contributed by atoms with Crippen LogP contribution in [0.15, 0.2) is 133 Å². The molecule has 3 aromatic rings. The second kappa shape index (κ2) is 17.0. The number of nitrogens with zero attached hydrogens (tertiary/aromatic N) is 1. The average Bonchev–Trinajstić information content (AvgIpc) is 3.04. The quantitative estimate of drug-likeness (QED) is 0.144. The van der Waals surface area contributed by atoms with E-state index in [0.29, 0.717) is 11.8 Å². The number of benzene rings is 2. The predicted molar refractivity (Wildman–Crippen MR) is 194 cm³/mol. The summed E-state index contributed by atoms with van der Waals surface area (Å²) in [7, 11) is 0. The van der Waals surface area contributed by atoms with Crippen molar-refractivity contribution in [3.05, 3.63) is 156 Å². The van der Waals surface area contributed by atoms with E-state index in [1.54, 1.807) is 0 Å². The maximum atomic E-state index is 4.65. The molecular weight excluding hydrogens is 530 g/mol. The summed E-state index contributed by atoms with van der Waals surface area (Å²) < 4.78 is 0. The van der Waals surface area contributed by atoms with Gasteiger partial charge in [0, 0.05) is 17.8 Å². The fourth-order valence-electron chi connectivity index (χ4n) is 6.50. The van der Waals surface area contributed by atoms with E-state index >= 15 is 0 Å². The maximum absolute atomic E-state index is 4.65. The van der Waals surface area contributed by atoms with Gasteiger partial charge in [-0.25, -0.2) is 0 Å². The van der Waals surface area contributed by atoms with Gasteiger partial charge < -0.3 is 0 Å². The van der Waals surface area contributed by atoms with Crippen molar-refractivity contribution in [2.45, 2.75) is 86.5 Å². The highest BCUT2D eigenvalue weighted by atomic mass is 14.6. The fraction of sp³-hybridized carbons (Fsp3) is 0.372. The van der Waals surface area contributed by atoms with Crippen LogP contribution >= 0.6 is 0 Å². The van der Waals surface area contributed by atoms with E-state index in [1.165, 1.54) is 50.1 Å². The van der Waals surface area contributed by atoms with Crippen LogP contribution in [0.2, 0.25) is 0 Å². The number of hydrogen-bond acceptors (Lipinski definition) is 1. The third-order valence-corrected chi connectivity index (χ3v) is 9.95. The molecule has 3 atom stereocenters. The zero-order valence-electron chi connectivity index (χ0n) is 28.3. The zero-order chi connectivity index (χ0) is 32.1. The molecule has 0 aliphatic rings. The zero-order valence-corrected chi connectivity index (χ0v) is 28.3. The summed E-state index contributed by atoms with van der Waals surface area (Å²) >= 11 is 0. The topological polar surface area (TPSA) is 12.9 Å². The van der Waals surface area contributed by atoms with Crippen LogP contribution in [-0.4, -0.2) is 4.98 Å². The molecule has 0 saturated heterocycles. The monoisotopic (exact) mass is 585 g/mol. The maximum Gasteiger partial charge on any atom is 0.0299 e. The molecule has 1 aromatic heterocycles. The summed E-state index contributed by atoms with van der Waals surface area (Å²) in [6.45, 7) is 27.0. The van der Waals surface area contributed by atoms with Gasteiger partial charge in [0.15, 0.2) is 0 Å². The largest absolute Gasteiger partial charge is 0.264 e. The van der Waals surface area contributed by atoms with E-state index in [1.807, 2.05) is 24.5 Å². The van der Waals surface area contributed by atoms with Crippen molar-refractivity contribution in [3.8, 4) is 0 Å². The minimum absolute atomic E-state index is 0.116. The lowest BCUT2D eigenvalue weighted by atomic mass is 9.64. The van der Waals surface area contributed by atoms with Crippen LogP contribution in [0, 0.1) is 17.3 Å². The molecule has 0 radical (unpaired) electrons. The number of hydrogen-bond donors (Lipinski definition) is 0. The van der Waals surface area contributed by atoms with Gasteiger partial charge in [-0.3, -0.25) is 4.98 Å². The molecule has 232 valence electrons. The van der Waals surface area contributed by atoms with Gasteiger partial charge in [0.25, 0.3) is 0 Å². The van der Waals surface area contributed by atoms with Crippen LogP contribution in [0.1, 0.15) is 95.9 Å². The molecule has 1 heteroatoms. The Kier molecular flexibility index (Phi) is 13.4. The number of rotatable bonds is 17. The van der Waals surface area contributed by atoms with Crippen LogP contribution < -0.4 is 0 Å². The van der Waals surface area contributed by atoms with Gasteiger partial charge in [-0.2, -0.15) is 0 Å². The van der Waals surface area contributed by atoms with E-state index < -0.39 is 0 Å². The van der Waals surface area contributed by atoms with Crippen LogP contribution in [-0.2, 0) is 12.8 Å². The second-order valence-corrected chi connectivity index (χ2v) is 12.9. The molecule has 3 rings (SSSR count). The molecule has 0 fully saturated rings. The van der Waals surface area contributed by atoms with Gasteiger partial charge in [-0.05, 0) is 105 Å². The van der Waals surface area contributed by atoms with Crippen LogP contribution in [0.4, 0.5) is 0 Å². The third kappa shape index (κ3) is 9.39. The van der Waals surface area contributed by atoms with Gasteiger partial charge in [-0.1, -0.05) is 142 Å². The summed E-state index contributed by atoms with van der Waals surface area (Å²) in [5.74, 6) is 0.858. The Balaban J connectivity index is 1.69. The minimum Gasteiger partial charge on any atom is -0.264 e. The predicted octanol–water partition coefficient (Wildman–Crippen LogP) is 12.2. The highest BCUT2D eigenvalue weighted by Gasteiger charge is 2.35. The van der Waals surface area contributed by atoms with Crippen molar-refractivity contribution in [1.82, 2.24) is 4.98 Å². The Morgan fingerprint density at radius 1 is 0.886 bits per heavy atom. The van der Waals surface area contributed by atoms with E-state index in [2.05, 4.69) is 133 Å². The molecular formula is C43H55N. The van der Waals surface area contributed by atoms with E-state index in [4.69, 9.17) is 0 Å². The molecule has 2 aromatic carbocycles. The standard InChI is InChI=1S/C43H55N/c1-10-17-41(22-15-18-33(4)42-25-23-39(24-26-42)30-38-19-13-12-14-20-38)34(5)28-35(6)43(9,37(8)32(3)11-2)36(7)29-40-21-16-27-44-31-40/h11-14,16,19-21,23-28,31,36,41H,2,4-5,10,15,17-18,22,29-30H2,1,3,6-9H3/b35-28-,37-32-. The Bertz CT molecular complexity index is 1420. The van der Waals surface area contributed by atoms with Gasteiger partial charge in [-0.15, -0.1) is 0 Å². The summed E-state index contributed by atoms with van der Waals surface area (Å²) in [4.78, 5) is 4.37. The Labute approximate surface area is 269 Å². The van der Waals surface area contributed by atoms with Gasteiger partial charge in [0.05, 0.1) is 0 Å². The third-order valence-electron chi connectivity index (χ3n) is 9.95. The van der Waals surface area contributed by atoms with Gasteiger partial charge >= 0.3 is 0 Å². The van der Waals surface area contributed by atoms with Crippen LogP contribution in [0.3, 0.4) is 0 Å². The van der Waals surface area contributed by atoms with Crippen LogP contribution in [0.25, 0.3) is 5.57 Å². The highest BCUT2D eigenvalue weighted by molar-refractivity contribution is 5.63. The molecule has 0 spiro atoms. The molecule has 0 aliphatic heterocycles. The lowest BCUT2D eigenvalue weighted by Crippen LogP contribution is -2.31. The van der Waals surface area contributed by atoms with E-state index in [0.717, 1.165) is 44.9 Å². The smallest absolute Gasteiger partial charge is 0.0299 e.